The summed E-state index contributed by atoms with van der Waals surface area (Å²) in [7, 11) is 1.72. The van der Waals surface area contributed by atoms with Gasteiger partial charge in [0, 0.05) is 50.2 Å². The van der Waals surface area contributed by atoms with Gasteiger partial charge in [-0.25, -0.2) is 0 Å². The minimum absolute atomic E-state index is 0.108. The van der Waals surface area contributed by atoms with Crippen LogP contribution in [0.15, 0.2) is 63.9 Å². The number of nitrogens with zero attached hydrogens (tertiary/aromatic N) is 5. The Morgan fingerprint density at radius 2 is 1.76 bits per heavy atom. The van der Waals surface area contributed by atoms with Crippen molar-refractivity contribution in [1.29, 1.82) is 0 Å². The van der Waals surface area contributed by atoms with Gasteiger partial charge in [0.2, 0.25) is 11.7 Å². The lowest BCUT2D eigenvalue weighted by Crippen LogP contribution is -2.48. The van der Waals surface area contributed by atoms with Crippen LogP contribution in [-0.2, 0) is 13.6 Å². The predicted octanol–water partition coefficient (Wildman–Crippen LogP) is 2.85. The zero-order valence-corrected chi connectivity index (χ0v) is 18.7. The van der Waals surface area contributed by atoms with Crippen molar-refractivity contribution in [2.75, 3.05) is 26.2 Å². The summed E-state index contributed by atoms with van der Waals surface area (Å²) in [5, 5.41) is 4.92. The fourth-order valence-electron chi connectivity index (χ4n) is 4.31. The molecule has 5 rings (SSSR count). The van der Waals surface area contributed by atoms with Crippen LogP contribution in [0.3, 0.4) is 0 Å². The second-order valence-electron chi connectivity index (χ2n) is 8.37. The molecule has 2 aromatic carbocycles. The maximum atomic E-state index is 13.3. The highest BCUT2D eigenvalue weighted by molar-refractivity contribution is 6.06. The van der Waals surface area contributed by atoms with Crippen molar-refractivity contribution in [3.63, 3.8) is 0 Å². The number of piperazine rings is 1. The van der Waals surface area contributed by atoms with Crippen LogP contribution in [0.2, 0.25) is 0 Å². The average Bonchev–Trinajstić information content (AvgIpc) is 3.30. The summed E-state index contributed by atoms with van der Waals surface area (Å²) in [4.78, 5) is 34.2. The normalized spacial score (nSPS) is 14.7. The van der Waals surface area contributed by atoms with Crippen molar-refractivity contribution in [2.24, 2.45) is 7.05 Å². The van der Waals surface area contributed by atoms with Crippen LogP contribution in [0.4, 0.5) is 0 Å². The molecule has 1 aliphatic rings. The van der Waals surface area contributed by atoms with Crippen molar-refractivity contribution >= 4 is 16.8 Å². The lowest BCUT2D eigenvalue weighted by Gasteiger charge is -2.34. The van der Waals surface area contributed by atoms with Crippen molar-refractivity contribution in [3.05, 3.63) is 82.0 Å². The van der Waals surface area contributed by atoms with E-state index < -0.39 is 0 Å². The lowest BCUT2D eigenvalue weighted by atomic mass is 10.1. The van der Waals surface area contributed by atoms with Crippen LogP contribution < -0.4 is 5.56 Å². The van der Waals surface area contributed by atoms with Crippen LogP contribution in [0, 0.1) is 6.92 Å². The number of hydrogen-bond acceptors (Lipinski definition) is 6. The summed E-state index contributed by atoms with van der Waals surface area (Å²) in [5.41, 5.74) is 3.09. The topological polar surface area (TPSA) is 84.5 Å². The first-order valence-corrected chi connectivity index (χ1v) is 11.0. The van der Waals surface area contributed by atoms with Gasteiger partial charge in [0.25, 0.3) is 11.5 Å². The molecule has 0 radical (unpaired) electrons. The van der Waals surface area contributed by atoms with Crippen LogP contribution in [0.25, 0.3) is 22.3 Å². The highest BCUT2D eigenvalue weighted by Crippen LogP contribution is 2.21. The number of carbonyl (C=O) groups excluding carboxylic acids is 1. The molecule has 1 fully saturated rings. The van der Waals surface area contributed by atoms with Gasteiger partial charge in [0.15, 0.2) is 0 Å². The Bertz CT molecular complexity index is 1380. The van der Waals surface area contributed by atoms with Crippen LogP contribution in [0.1, 0.15) is 21.8 Å². The minimum Gasteiger partial charge on any atom is -0.338 e. The number of para-hydroxylation sites is 1. The summed E-state index contributed by atoms with van der Waals surface area (Å²) in [6.07, 6.45) is 0. The molecule has 168 valence electrons. The van der Waals surface area contributed by atoms with Gasteiger partial charge in [-0.3, -0.25) is 14.5 Å². The molecule has 0 aliphatic carbocycles. The summed E-state index contributed by atoms with van der Waals surface area (Å²) in [6.45, 7) is 5.08. The van der Waals surface area contributed by atoms with E-state index in [2.05, 4.69) is 15.0 Å². The predicted molar refractivity (Wildman–Crippen MR) is 125 cm³/mol. The molecule has 0 N–H and O–H groups in total. The number of aromatic nitrogens is 3. The number of hydrogen-bond donors (Lipinski definition) is 0. The van der Waals surface area contributed by atoms with Crippen LogP contribution in [0.5, 0.6) is 0 Å². The monoisotopic (exact) mass is 443 g/mol. The Labute approximate surface area is 191 Å². The SMILES string of the molecule is Cc1ccccc1-c1noc(CN2CCN(C(=O)c3cc(=O)n(C)c4ccccc34)CC2)n1. The molecule has 0 saturated carbocycles. The molecule has 33 heavy (non-hydrogen) atoms. The average molecular weight is 444 g/mol. The third-order valence-corrected chi connectivity index (χ3v) is 6.26. The molecule has 0 bridgehead atoms. The summed E-state index contributed by atoms with van der Waals surface area (Å²) >= 11 is 0. The maximum Gasteiger partial charge on any atom is 0.254 e. The molecular weight excluding hydrogens is 418 g/mol. The molecule has 1 aliphatic heterocycles. The minimum atomic E-state index is -0.184. The van der Waals surface area contributed by atoms with Crippen molar-refractivity contribution < 1.29 is 9.32 Å². The molecule has 8 nitrogen and oxygen atoms in total. The van der Waals surface area contributed by atoms with Gasteiger partial charge in [-0.05, 0) is 18.6 Å². The summed E-state index contributed by atoms with van der Waals surface area (Å²) < 4.78 is 7.04. The molecule has 0 unspecified atom stereocenters. The van der Waals surface area contributed by atoms with E-state index in [1.54, 1.807) is 11.6 Å². The Morgan fingerprint density at radius 3 is 2.55 bits per heavy atom. The first-order valence-electron chi connectivity index (χ1n) is 11.0. The fourth-order valence-corrected chi connectivity index (χ4v) is 4.31. The Morgan fingerprint density at radius 1 is 1.03 bits per heavy atom. The molecule has 1 saturated heterocycles. The van der Waals surface area contributed by atoms with E-state index in [1.807, 2.05) is 60.4 Å². The Balaban J connectivity index is 1.26. The van der Waals surface area contributed by atoms with Gasteiger partial charge in [-0.2, -0.15) is 4.98 Å². The molecule has 0 atom stereocenters. The van der Waals surface area contributed by atoms with E-state index in [-0.39, 0.29) is 11.5 Å². The van der Waals surface area contributed by atoms with E-state index in [0.717, 1.165) is 22.0 Å². The number of rotatable bonds is 4. The van der Waals surface area contributed by atoms with Gasteiger partial charge in [-0.15, -0.1) is 0 Å². The van der Waals surface area contributed by atoms with Gasteiger partial charge >= 0.3 is 0 Å². The number of fused-ring (bicyclic) bond motifs is 1. The third kappa shape index (κ3) is 4.05. The van der Waals surface area contributed by atoms with E-state index in [0.29, 0.717) is 50.0 Å². The second kappa shape index (κ2) is 8.63. The molecular formula is C25H25N5O3. The zero-order valence-electron chi connectivity index (χ0n) is 18.7. The number of benzene rings is 2. The maximum absolute atomic E-state index is 13.3. The number of amides is 1. The molecule has 0 spiro atoms. The number of aryl methyl sites for hydroxylation is 2. The molecule has 8 heteroatoms. The van der Waals surface area contributed by atoms with E-state index in [1.165, 1.54) is 6.07 Å². The van der Waals surface area contributed by atoms with E-state index in [9.17, 15) is 9.59 Å². The highest BCUT2D eigenvalue weighted by Gasteiger charge is 2.25. The summed E-state index contributed by atoms with van der Waals surface area (Å²) in [6, 6.07) is 16.9. The number of pyridine rings is 1. The molecule has 1 amide bonds. The lowest BCUT2D eigenvalue weighted by molar-refractivity contribution is 0.0617. The Kier molecular flexibility index (Phi) is 5.51. The fraction of sp³-hybridized carbons (Fsp3) is 0.280. The van der Waals surface area contributed by atoms with E-state index in [4.69, 9.17) is 4.52 Å². The third-order valence-electron chi connectivity index (χ3n) is 6.26. The second-order valence-corrected chi connectivity index (χ2v) is 8.37. The first-order chi connectivity index (χ1) is 16.0. The van der Waals surface area contributed by atoms with Crippen molar-refractivity contribution in [1.82, 2.24) is 24.5 Å². The number of carbonyl (C=O) groups is 1. The zero-order chi connectivity index (χ0) is 22.9. The van der Waals surface area contributed by atoms with Gasteiger partial charge < -0.3 is 14.0 Å². The summed E-state index contributed by atoms with van der Waals surface area (Å²) in [5.74, 6) is 1.04. The molecule has 4 aromatic rings. The largest absolute Gasteiger partial charge is 0.338 e. The Hall–Kier alpha value is -3.78. The standard InChI is InChI=1S/C25H25N5O3/c1-17-7-3-4-8-18(17)24-26-22(33-27-24)16-29-11-13-30(14-12-29)25(32)20-15-23(31)28(2)21-10-6-5-9-19(20)21/h3-10,15H,11-14,16H2,1-2H3. The van der Waals surface area contributed by atoms with Crippen molar-refractivity contribution in [2.45, 2.75) is 13.5 Å². The van der Waals surface area contributed by atoms with Gasteiger partial charge in [0.05, 0.1) is 17.6 Å². The smallest absolute Gasteiger partial charge is 0.254 e. The van der Waals surface area contributed by atoms with Crippen molar-refractivity contribution in [3.8, 4) is 11.4 Å². The quantitative estimate of drug-likeness (QED) is 0.482. The van der Waals surface area contributed by atoms with Crippen LogP contribution in [-0.4, -0.2) is 56.6 Å². The molecule has 3 heterocycles. The van der Waals surface area contributed by atoms with Crippen LogP contribution >= 0.6 is 0 Å². The molecule has 2 aromatic heterocycles. The van der Waals surface area contributed by atoms with Gasteiger partial charge in [0.1, 0.15) is 0 Å². The van der Waals surface area contributed by atoms with E-state index >= 15 is 0 Å². The highest BCUT2D eigenvalue weighted by atomic mass is 16.5. The first kappa shape index (κ1) is 21.1. The van der Waals surface area contributed by atoms with Gasteiger partial charge in [-0.1, -0.05) is 47.6 Å².